The van der Waals surface area contributed by atoms with Crippen LogP contribution in [0, 0.1) is 0 Å². The topological polar surface area (TPSA) is 33.1 Å². The van der Waals surface area contributed by atoms with Crippen LogP contribution >= 0.6 is 35.0 Å². The highest BCUT2D eigenvalue weighted by atomic mass is 35.5. The van der Waals surface area contributed by atoms with Crippen molar-refractivity contribution in [2.75, 3.05) is 0 Å². The zero-order valence-corrected chi connectivity index (χ0v) is 11.9. The van der Waals surface area contributed by atoms with E-state index in [1.165, 1.54) is 11.8 Å². The summed E-state index contributed by atoms with van der Waals surface area (Å²) in [6.07, 6.45) is 1.15. The molecule has 1 aromatic carbocycles. The minimum absolute atomic E-state index is 0.508. The number of aromatic nitrogens is 1. The Balaban J connectivity index is 2.21. The average Bonchev–Trinajstić information content (AvgIpc) is 2.34. The molecule has 0 aliphatic rings. The van der Waals surface area contributed by atoms with E-state index in [1.54, 1.807) is 31.3 Å². The average molecular weight is 300 g/mol. The number of nitrogens with zero attached hydrogens (tertiary/aromatic N) is 1. The lowest BCUT2D eigenvalue weighted by atomic mass is 10.2. The fourth-order valence-corrected chi connectivity index (χ4v) is 2.66. The molecule has 0 unspecified atom stereocenters. The molecule has 0 saturated heterocycles. The highest BCUT2D eigenvalue weighted by Crippen LogP contribution is 2.34. The number of aliphatic hydroxyl groups is 1. The normalized spacial score (nSPS) is 12.4. The summed E-state index contributed by atoms with van der Waals surface area (Å²) in [7, 11) is 0. The van der Waals surface area contributed by atoms with E-state index >= 15 is 0 Å². The summed E-state index contributed by atoms with van der Waals surface area (Å²) in [4.78, 5) is 5.13. The van der Waals surface area contributed by atoms with Gasteiger partial charge in [-0.15, -0.1) is 0 Å². The molecule has 18 heavy (non-hydrogen) atoms. The van der Waals surface area contributed by atoms with Gasteiger partial charge in [-0.2, -0.15) is 0 Å². The molecule has 0 saturated carbocycles. The van der Waals surface area contributed by atoms with Crippen LogP contribution in [0.4, 0.5) is 0 Å². The summed E-state index contributed by atoms with van der Waals surface area (Å²) in [5, 5.41) is 11.5. The van der Waals surface area contributed by atoms with E-state index in [0.29, 0.717) is 10.0 Å². The fourth-order valence-electron chi connectivity index (χ4n) is 1.37. The molecule has 1 heterocycles. The van der Waals surface area contributed by atoms with Crippen molar-refractivity contribution in [3.63, 3.8) is 0 Å². The second kappa shape index (κ2) is 5.93. The molecule has 2 rings (SSSR count). The Morgan fingerprint density at radius 1 is 1.22 bits per heavy atom. The molecule has 1 N–H and O–H groups in total. The molecule has 94 valence electrons. The van der Waals surface area contributed by atoms with Crippen molar-refractivity contribution in [1.82, 2.24) is 4.98 Å². The van der Waals surface area contributed by atoms with Gasteiger partial charge >= 0.3 is 0 Å². The van der Waals surface area contributed by atoms with Gasteiger partial charge in [-0.25, -0.2) is 4.98 Å². The molecule has 1 atom stereocenters. The number of rotatable bonds is 3. The van der Waals surface area contributed by atoms with E-state index in [9.17, 15) is 5.11 Å². The minimum Gasteiger partial charge on any atom is -0.389 e. The van der Waals surface area contributed by atoms with Gasteiger partial charge < -0.3 is 5.11 Å². The van der Waals surface area contributed by atoms with E-state index in [4.69, 9.17) is 23.2 Å². The maximum atomic E-state index is 9.40. The predicted molar refractivity (Wildman–Crippen MR) is 75.5 cm³/mol. The van der Waals surface area contributed by atoms with Crippen LogP contribution < -0.4 is 0 Å². The summed E-state index contributed by atoms with van der Waals surface area (Å²) >= 11 is 13.4. The van der Waals surface area contributed by atoms with Gasteiger partial charge in [0.1, 0.15) is 5.03 Å². The first-order valence-electron chi connectivity index (χ1n) is 5.33. The van der Waals surface area contributed by atoms with E-state index < -0.39 is 6.10 Å². The molecule has 2 aromatic rings. The van der Waals surface area contributed by atoms with Crippen LogP contribution in [0.15, 0.2) is 46.5 Å². The van der Waals surface area contributed by atoms with Crippen LogP contribution in [0.5, 0.6) is 0 Å². The van der Waals surface area contributed by atoms with Gasteiger partial charge in [-0.05, 0) is 36.8 Å². The first-order valence-corrected chi connectivity index (χ1v) is 6.90. The summed E-state index contributed by atoms with van der Waals surface area (Å²) < 4.78 is 0. The molecule has 0 aliphatic carbocycles. The van der Waals surface area contributed by atoms with Crippen molar-refractivity contribution in [3.05, 3.63) is 52.1 Å². The Kier molecular flexibility index (Phi) is 4.51. The zero-order valence-electron chi connectivity index (χ0n) is 9.60. The minimum atomic E-state index is -0.508. The number of halogens is 2. The number of hydrogen-bond acceptors (Lipinski definition) is 3. The molecular weight excluding hydrogens is 289 g/mol. The SMILES string of the molecule is C[C@H](O)c1ccc(Sc2cc(Cl)ccc2Cl)nc1. The lowest BCUT2D eigenvalue weighted by Crippen LogP contribution is -1.92. The molecule has 2 nitrogen and oxygen atoms in total. The number of pyridine rings is 1. The second-order valence-corrected chi connectivity index (χ2v) is 5.69. The molecule has 5 heteroatoms. The van der Waals surface area contributed by atoms with Gasteiger partial charge in [0.2, 0.25) is 0 Å². The Labute approximate surface area is 120 Å². The summed E-state index contributed by atoms with van der Waals surface area (Å²) in [6.45, 7) is 1.71. The Bertz CT molecular complexity index is 543. The highest BCUT2D eigenvalue weighted by molar-refractivity contribution is 7.99. The summed E-state index contributed by atoms with van der Waals surface area (Å²) in [5.41, 5.74) is 0.788. The lowest BCUT2D eigenvalue weighted by molar-refractivity contribution is 0.198. The van der Waals surface area contributed by atoms with Gasteiger partial charge in [0, 0.05) is 16.1 Å². The monoisotopic (exact) mass is 299 g/mol. The fraction of sp³-hybridized carbons (Fsp3) is 0.154. The molecule has 0 bridgehead atoms. The summed E-state index contributed by atoms with van der Waals surface area (Å²) in [5.74, 6) is 0. The standard InChI is InChI=1S/C13H11Cl2NOS/c1-8(17)9-2-5-13(16-7-9)18-12-6-10(14)3-4-11(12)15/h2-8,17H,1H3/t8-/m0/s1. The van der Waals surface area contributed by atoms with Crippen LogP contribution in [0.2, 0.25) is 10.0 Å². The largest absolute Gasteiger partial charge is 0.389 e. The van der Waals surface area contributed by atoms with Gasteiger partial charge in [-0.1, -0.05) is 41.0 Å². The highest BCUT2D eigenvalue weighted by Gasteiger charge is 2.06. The lowest BCUT2D eigenvalue weighted by Gasteiger charge is -2.06. The van der Waals surface area contributed by atoms with E-state index in [0.717, 1.165) is 15.5 Å². The maximum Gasteiger partial charge on any atom is 0.101 e. The third-order valence-electron chi connectivity index (χ3n) is 2.35. The van der Waals surface area contributed by atoms with Gasteiger partial charge in [-0.3, -0.25) is 0 Å². The van der Waals surface area contributed by atoms with Crippen molar-refractivity contribution in [1.29, 1.82) is 0 Å². The van der Waals surface area contributed by atoms with E-state index in [1.807, 2.05) is 12.1 Å². The third-order valence-corrected chi connectivity index (χ3v) is 4.03. The van der Waals surface area contributed by atoms with Crippen molar-refractivity contribution >= 4 is 35.0 Å². The van der Waals surface area contributed by atoms with Crippen molar-refractivity contribution in [2.24, 2.45) is 0 Å². The first-order chi connectivity index (χ1) is 8.56. The second-order valence-electron chi connectivity index (χ2n) is 3.78. The Morgan fingerprint density at radius 2 is 2.00 bits per heavy atom. The van der Waals surface area contributed by atoms with Gasteiger partial charge in [0.15, 0.2) is 0 Å². The number of aliphatic hydroxyl groups excluding tert-OH is 1. The van der Waals surface area contributed by atoms with Crippen LogP contribution in [0.25, 0.3) is 0 Å². The molecule has 0 radical (unpaired) electrons. The molecule has 0 amide bonds. The molecule has 0 fully saturated rings. The van der Waals surface area contributed by atoms with Gasteiger partial charge in [0.25, 0.3) is 0 Å². The first kappa shape index (κ1) is 13.7. The Hall–Kier alpha value is -0.740. The summed E-state index contributed by atoms with van der Waals surface area (Å²) in [6, 6.07) is 9.01. The van der Waals surface area contributed by atoms with Crippen LogP contribution in [-0.2, 0) is 0 Å². The molecule has 1 aromatic heterocycles. The number of hydrogen-bond donors (Lipinski definition) is 1. The van der Waals surface area contributed by atoms with E-state index in [2.05, 4.69) is 4.98 Å². The third kappa shape index (κ3) is 3.39. The van der Waals surface area contributed by atoms with E-state index in [-0.39, 0.29) is 0 Å². The van der Waals surface area contributed by atoms with Crippen LogP contribution in [0.1, 0.15) is 18.6 Å². The molecular formula is C13H11Cl2NOS. The zero-order chi connectivity index (χ0) is 13.1. The van der Waals surface area contributed by atoms with Crippen molar-refractivity contribution in [3.8, 4) is 0 Å². The smallest absolute Gasteiger partial charge is 0.101 e. The number of benzene rings is 1. The Morgan fingerprint density at radius 3 is 2.61 bits per heavy atom. The van der Waals surface area contributed by atoms with Crippen LogP contribution in [0.3, 0.4) is 0 Å². The van der Waals surface area contributed by atoms with Crippen LogP contribution in [-0.4, -0.2) is 10.1 Å². The van der Waals surface area contributed by atoms with Crippen molar-refractivity contribution < 1.29 is 5.11 Å². The van der Waals surface area contributed by atoms with Crippen molar-refractivity contribution in [2.45, 2.75) is 22.9 Å². The quantitative estimate of drug-likeness (QED) is 0.899. The molecule has 0 spiro atoms. The predicted octanol–water partition coefficient (Wildman–Crippen LogP) is 4.59. The maximum absolute atomic E-state index is 9.40. The molecule has 0 aliphatic heterocycles. The van der Waals surface area contributed by atoms with Gasteiger partial charge in [0.05, 0.1) is 11.1 Å².